The van der Waals surface area contributed by atoms with E-state index in [4.69, 9.17) is 4.74 Å². The van der Waals surface area contributed by atoms with Crippen molar-refractivity contribution in [1.82, 2.24) is 9.71 Å². The van der Waals surface area contributed by atoms with Crippen molar-refractivity contribution in [3.8, 4) is 5.75 Å². The van der Waals surface area contributed by atoms with Gasteiger partial charge < -0.3 is 9.72 Å². The molecular weight excluding hydrogens is 396 g/mol. The topological polar surface area (TPSA) is 71.2 Å². The summed E-state index contributed by atoms with van der Waals surface area (Å²) in [4.78, 5) is 3.56. The van der Waals surface area contributed by atoms with E-state index in [-0.39, 0.29) is 17.4 Å². The van der Waals surface area contributed by atoms with Crippen molar-refractivity contribution in [3.05, 3.63) is 95.7 Å². The maximum absolute atomic E-state index is 12.9. The summed E-state index contributed by atoms with van der Waals surface area (Å²) >= 11 is 0. The number of hydrogen-bond acceptors (Lipinski definition) is 3. The molecule has 0 aliphatic rings. The average molecular weight is 421 g/mol. The number of methoxy groups -OCH3 is 1. The highest BCUT2D eigenvalue weighted by molar-refractivity contribution is 7.89. The van der Waals surface area contributed by atoms with E-state index in [1.807, 2.05) is 61.7 Å². The Morgan fingerprint density at radius 1 is 0.967 bits per heavy atom. The minimum Gasteiger partial charge on any atom is -0.497 e. The first kappa shape index (κ1) is 20.2. The summed E-state index contributed by atoms with van der Waals surface area (Å²) in [5, 5.41) is 1.08. The predicted octanol–water partition coefficient (Wildman–Crippen LogP) is 4.60. The van der Waals surface area contributed by atoms with Gasteiger partial charge in [0.25, 0.3) is 0 Å². The first-order valence-electron chi connectivity index (χ1n) is 9.74. The van der Waals surface area contributed by atoms with E-state index in [1.165, 1.54) is 0 Å². The first-order chi connectivity index (χ1) is 14.5. The molecule has 4 aromatic rings. The van der Waals surface area contributed by atoms with Gasteiger partial charge in [-0.3, -0.25) is 0 Å². The van der Waals surface area contributed by atoms with E-state index in [0.717, 1.165) is 33.3 Å². The Morgan fingerprint density at radius 3 is 2.37 bits per heavy atom. The summed E-state index contributed by atoms with van der Waals surface area (Å²) in [7, 11) is -2.00. The van der Waals surface area contributed by atoms with Gasteiger partial charge >= 0.3 is 0 Å². The maximum atomic E-state index is 12.9. The third-order valence-corrected chi connectivity index (χ3v) is 6.76. The highest BCUT2D eigenvalue weighted by atomic mass is 32.2. The molecule has 1 atom stereocenters. The van der Waals surface area contributed by atoms with Gasteiger partial charge in [-0.05, 0) is 48.4 Å². The Hall–Kier alpha value is -3.09. The van der Waals surface area contributed by atoms with Crippen LogP contribution in [-0.4, -0.2) is 27.1 Å². The normalized spacial score (nSPS) is 12.7. The molecule has 0 spiro atoms. The van der Waals surface area contributed by atoms with Gasteiger partial charge in [0, 0.05) is 29.6 Å². The van der Waals surface area contributed by atoms with Crippen LogP contribution in [-0.2, 0) is 10.0 Å². The number of nitrogens with one attached hydrogen (secondary N) is 2. The Morgan fingerprint density at radius 2 is 1.67 bits per heavy atom. The van der Waals surface area contributed by atoms with Gasteiger partial charge in [-0.1, -0.05) is 48.0 Å². The summed E-state index contributed by atoms with van der Waals surface area (Å²) in [6, 6.07) is 22.6. The Balaban J connectivity index is 1.69. The minimum atomic E-state index is -3.62. The molecule has 154 valence electrons. The molecule has 0 saturated carbocycles. The van der Waals surface area contributed by atoms with Crippen molar-refractivity contribution >= 4 is 20.9 Å². The number of aromatic nitrogens is 1. The van der Waals surface area contributed by atoms with Gasteiger partial charge in [0.1, 0.15) is 5.75 Å². The van der Waals surface area contributed by atoms with E-state index in [9.17, 15) is 8.42 Å². The Labute approximate surface area is 176 Å². The standard InChI is InChI=1S/C24H24N2O3S/c1-17-7-13-20(14-8-17)30(27,28)26-16-22(18-9-11-19(29-2)12-10-18)23-15-25-24-6-4-3-5-21(23)24/h3-15,22,25-26H,16H2,1-2H3/t22-/m0/s1. The number of benzene rings is 3. The molecule has 30 heavy (non-hydrogen) atoms. The zero-order chi connectivity index (χ0) is 21.1. The number of hydrogen-bond donors (Lipinski definition) is 2. The van der Waals surface area contributed by atoms with Gasteiger partial charge in [-0.2, -0.15) is 0 Å². The summed E-state index contributed by atoms with van der Waals surface area (Å²) in [6.45, 7) is 2.17. The third-order valence-electron chi connectivity index (χ3n) is 5.32. The molecule has 0 fully saturated rings. The summed E-state index contributed by atoms with van der Waals surface area (Å²) in [5.74, 6) is 0.601. The van der Waals surface area contributed by atoms with E-state index >= 15 is 0 Å². The summed E-state index contributed by atoms with van der Waals surface area (Å²) in [6.07, 6.45) is 1.96. The lowest BCUT2D eigenvalue weighted by atomic mass is 9.91. The van der Waals surface area contributed by atoms with Crippen LogP contribution < -0.4 is 9.46 Å². The maximum Gasteiger partial charge on any atom is 0.240 e. The smallest absolute Gasteiger partial charge is 0.240 e. The second kappa shape index (κ2) is 8.34. The zero-order valence-corrected chi connectivity index (χ0v) is 17.7. The number of fused-ring (bicyclic) bond motifs is 1. The number of para-hydroxylation sites is 1. The largest absolute Gasteiger partial charge is 0.497 e. The first-order valence-corrected chi connectivity index (χ1v) is 11.2. The van der Waals surface area contributed by atoms with Crippen molar-refractivity contribution < 1.29 is 13.2 Å². The van der Waals surface area contributed by atoms with Gasteiger partial charge in [-0.25, -0.2) is 13.1 Å². The molecule has 0 saturated heterocycles. The zero-order valence-electron chi connectivity index (χ0n) is 16.9. The van der Waals surface area contributed by atoms with Crippen LogP contribution >= 0.6 is 0 Å². The van der Waals surface area contributed by atoms with Crippen molar-refractivity contribution in [2.24, 2.45) is 0 Å². The van der Waals surface area contributed by atoms with E-state index in [1.54, 1.807) is 31.4 Å². The molecule has 1 heterocycles. The highest BCUT2D eigenvalue weighted by Crippen LogP contribution is 2.31. The molecule has 0 amide bonds. The second-order valence-corrected chi connectivity index (χ2v) is 9.05. The van der Waals surface area contributed by atoms with Gasteiger partial charge in [0.2, 0.25) is 10.0 Å². The molecule has 4 rings (SSSR count). The van der Waals surface area contributed by atoms with Crippen molar-refractivity contribution in [1.29, 1.82) is 0 Å². The summed E-state index contributed by atoms with van der Waals surface area (Å²) < 4.78 is 33.8. The van der Waals surface area contributed by atoms with Crippen LogP contribution in [0.25, 0.3) is 10.9 Å². The molecule has 0 aliphatic carbocycles. The monoisotopic (exact) mass is 420 g/mol. The van der Waals surface area contributed by atoms with Crippen LogP contribution in [0.5, 0.6) is 5.75 Å². The number of rotatable bonds is 7. The fraction of sp³-hybridized carbons (Fsp3) is 0.167. The van der Waals surface area contributed by atoms with E-state index < -0.39 is 10.0 Å². The van der Waals surface area contributed by atoms with Gasteiger partial charge in [0.05, 0.1) is 12.0 Å². The second-order valence-electron chi connectivity index (χ2n) is 7.28. The van der Waals surface area contributed by atoms with Crippen molar-refractivity contribution in [2.45, 2.75) is 17.7 Å². The number of ether oxygens (including phenoxy) is 1. The van der Waals surface area contributed by atoms with Gasteiger partial charge in [-0.15, -0.1) is 0 Å². The van der Waals surface area contributed by atoms with Crippen LogP contribution in [0.4, 0.5) is 0 Å². The Bertz CT molecular complexity index is 1240. The van der Waals surface area contributed by atoms with Gasteiger partial charge in [0.15, 0.2) is 0 Å². The van der Waals surface area contributed by atoms with Crippen LogP contribution in [0.3, 0.4) is 0 Å². The molecule has 0 bridgehead atoms. The average Bonchev–Trinajstić information content (AvgIpc) is 3.19. The third kappa shape index (κ3) is 4.10. The molecule has 3 aromatic carbocycles. The van der Waals surface area contributed by atoms with Crippen molar-refractivity contribution in [2.75, 3.05) is 13.7 Å². The lowest BCUT2D eigenvalue weighted by Gasteiger charge is -2.19. The predicted molar refractivity (Wildman–Crippen MR) is 120 cm³/mol. The molecule has 1 aromatic heterocycles. The number of sulfonamides is 1. The van der Waals surface area contributed by atoms with Crippen LogP contribution in [0.15, 0.2) is 83.9 Å². The lowest BCUT2D eigenvalue weighted by molar-refractivity contribution is 0.414. The number of aromatic amines is 1. The fourth-order valence-corrected chi connectivity index (χ4v) is 4.67. The van der Waals surface area contributed by atoms with Crippen LogP contribution in [0.2, 0.25) is 0 Å². The SMILES string of the molecule is COc1ccc([C@H](CNS(=O)(=O)c2ccc(C)cc2)c2c[nH]c3ccccc23)cc1. The van der Waals surface area contributed by atoms with Crippen molar-refractivity contribution in [3.63, 3.8) is 0 Å². The molecular formula is C24H24N2O3S. The molecule has 0 aliphatic heterocycles. The van der Waals surface area contributed by atoms with Crippen LogP contribution in [0.1, 0.15) is 22.6 Å². The lowest BCUT2D eigenvalue weighted by Crippen LogP contribution is -2.29. The fourth-order valence-electron chi connectivity index (χ4n) is 3.62. The van der Waals surface area contributed by atoms with E-state index in [2.05, 4.69) is 9.71 Å². The highest BCUT2D eigenvalue weighted by Gasteiger charge is 2.22. The molecule has 0 unspecified atom stereocenters. The molecule has 6 heteroatoms. The molecule has 2 N–H and O–H groups in total. The minimum absolute atomic E-state index is 0.160. The van der Waals surface area contributed by atoms with Crippen LogP contribution in [0, 0.1) is 6.92 Å². The van der Waals surface area contributed by atoms with E-state index in [0.29, 0.717) is 0 Å². The molecule has 0 radical (unpaired) electrons. The quantitative estimate of drug-likeness (QED) is 0.459. The molecule has 5 nitrogen and oxygen atoms in total. The summed E-state index contributed by atoms with van der Waals surface area (Å²) in [5.41, 5.74) is 4.09. The number of aryl methyl sites for hydroxylation is 1. The Kier molecular flexibility index (Phi) is 5.61. The number of H-pyrrole nitrogens is 1.